The van der Waals surface area contributed by atoms with Gasteiger partial charge < -0.3 is 15.2 Å². The standard InChI is InChI=1S/C21H24N2O10/c1-29-21(27)14-4-5-15(11-32-28)16(8-14)10-31-23-12-22-19(24)18-7-13(9-33-30-2)3-6-17(18)20(25)26/h3-8,23,28H,9-12H2,1-2H3,(H,22,24)(H,25,26). The van der Waals surface area contributed by atoms with Gasteiger partial charge in [0.1, 0.15) is 13.2 Å². The largest absolute Gasteiger partial charge is 0.478 e. The van der Waals surface area contributed by atoms with Crippen LogP contribution in [0.25, 0.3) is 0 Å². The van der Waals surface area contributed by atoms with Crippen LogP contribution >= 0.6 is 0 Å². The van der Waals surface area contributed by atoms with Crippen molar-refractivity contribution in [2.45, 2.75) is 19.8 Å². The highest BCUT2D eigenvalue weighted by Crippen LogP contribution is 2.16. The van der Waals surface area contributed by atoms with Gasteiger partial charge in [0.15, 0.2) is 0 Å². The number of carbonyl (C=O) groups is 3. The molecular weight excluding hydrogens is 440 g/mol. The Bertz CT molecular complexity index is 980. The molecule has 0 spiro atoms. The summed E-state index contributed by atoms with van der Waals surface area (Å²) in [5.41, 5.74) is 4.21. The highest BCUT2D eigenvalue weighted by molar-refractivity contribution is 6.04. The normalized spacial score (nSPS) is 10.6. The second-order valence-electron chi connectivity index (χ2n) is 6.48. The van der Waals surface area contributed by atoms with Gasteiger partial charge in [-0.1, -0.05) is 12.1 Å². The summed E-state index contributed by atoms with van der Waals surface area (Å²) in [5, 5.41) is 20.5. The van der Waals surface area contributed by atoms with E-state index in [2.05, 4.69) is 25.3 Å². The molecule has 1 amide bonds. The topological polar surface area (TPSA) is 162 Å². The predicted molar refractivity (Wildman–Crippen MR) is 111 cm³/mol. The molecule has 0 fully saturated rings. The van der Waals surface area contributed by atoms with Gasteiger partial charge in [-0.2, -0.15) is 5.48 Å². The lowest BCUT2D eigenvalue weighted by Crippen LogP contribution is -2.34. The van der Waals surface area contributed by atoms with Crippen LogP contribution in [0, 0.1) is 0 Å². The number of hydroxylamine groups is 1. The number of rotatable bonds is 13. The van der Waals surface area contributed by atoms with E-state index in [-0.39, 0.29) is 43.2 Å². The molecule has 0 aliphatic heterocycles. The average Bonchev–Trinajstić information content (AvgIpc) is 2.82. The molecule has 12 heteroatoms. The predicted octanol–water partition coefficient (Wildman–Crippen LogP) is 1.65. The summed E-state index contributed by atoms with van der Waals surface area (Å²) in [7, 11) is 2.58. The molecule has 0 aromatic heterocycles. The molecule has 2 aromatic rings. The molecule has 2 aromatic carbocycles. The Labute approximate surface area is 188 Å². The van der Waals surface area contributed by atoms with Crippen molar-refractivity contribution in [3.8, 4) is 0 Å². The summed E-state index contributed by atoms with van der Waals surface area (Å²) in [5.74, 6) is -2.45. The summed E-state index contributed by atoms with van der Waals surface area (Å²) < 4.78 is 4.68. The molecule has 178 valence electrons. The van der Waals surface area contributed by atoms with Gasteiger partial charge in [0.25, 0.3) is 5.91 Å². The highest BCUT2D eigenvalue weighted by Gasteiger charge is 2.17. The minimum atomic E-state index is -1.26. The van der Waals surface area contributed by atoms with Gasteiger partial charge in [0.05, 0.1) is 44.2 Å². The summed E-state index contributed by atoms with van der Waals surface area (Å²) in [6.45, 7) is -0.288. The van der Waals surface area contributed by atoms with Crippen molar-refractivity contribution in [3.63, 3.8) is 0 Å². The van der Waals surface area contributed by atoms with Gasteiger partial charge in [0, 0.05) is 0 Å². The van der Waals surface area contributed by atoms with Gasteiger partial charge in [-0.05, 0) is 41.0 Å². The van der Waals surface area contributed by atoms with Crippen molar-refractivity contribution in [2.24, 2.45) is 0 Å². The summed E-state index contributed by atoms with van der Waals surface area (Å²) >= 11 is 0. The van der Waals surface area contributed by atoms with E-state index in [4.69, 9.17) is 15.0 Å². The zero-order valence-corrected chi connectivity index (χ0v) is 18.0. The minimum Gasteiger partial charge on any atom is -0.478 e. The fourth-order valence-corrected chi connectivity index (χ4v) is 2.79. The third-order valence-electron chi connectivity index (χ3n) is 4.40. The Morgan fingerprint density at radius 3 is 2.39 bits per heavy atom. The van der Waals surface area contributed by atoms with Crippen LogP contribution in [0.1, 0.15) is 47.8 Å². The Morgan fingerprint density at radius 1 is 0.939 bits per heavy atom. The van der Waals surface area contributed by atoms with E-state index < -0.39 is 17.8 Å². The Kier molecular flexibility index (Phi) is 10.4. The first-order valence-corrected chi connectivity index (χ1v) is 9.52. The Morgan fingerprint density at radius 2 is 1.73 bits per heavy atom. The number of hydrogen-bond acceptors (Lipinski definition) is 10. The van der Waals surface area contributed by atoms with Crippen molar-refractivity contribution in [1.29, 1.82) is 0 Å². The van der Waals surface area contributed by atoms with Gasteiger partial charge in [-0.3, -0.25) is 14.9 Å². The number of amides is 1. The number of hydrogen-bond donors (Lipinski definition) is 4. The van der Waals surface area contributed by atoms with E-state index in [9.17, 15) is 19.5 Å². The van der Waals surface area contributed by atoms with E-state index in [0.717, 1.165) is 0 Å². The van der Waals surface area contributed by atoms with Crippen LogP contribution in [0.15, 0.2) is 36.4 Å². The SMILES string of the molecule is COOCc1ccc(C(=O)O)c(C(=O)NCNOCc2cc(C(=O)OC)ccc2COO)c1. The van der Waals surface area contributed by atoms with Gasteiger partial charge in [0.2, 0.25) is 0 Å². The van der Waals surface area contributed by atoms with E-state index in [1.54, 1.807) is 6.07 Å². The van der Waals surface area contributed by atoms with E-state index >= 15 is 0 Å². The van der Waals surface area contributed by atoms with Crippen molar-refractivity contribution in [2.75, 3.05) is 20.9 Å². The van der Waals surface area contributed by atoms with Crippen molar-refractivity contribution < 1.29 is 49.0 Å². The van der Waals surface area contributed by atoms with Crippen molar-refractivity contribution in [1.82, 2.24) is 10.8 Å². The molecule has 0 aliphatic rings. The number of methoxy groups -OCH3 is 1. The van der Waals surface area contributed by atoms with E-state index in [1.165, 1.54) is 44.6 Å². The number of carboxylic acid groups (broad SMARTS) is 1. The molecule has 0 unspecified atom stereocenters. The first-order valence-electron chi connectivity index (χ1n) is 9.52. The summed E-state index contributed by atoms with van der Waals surface area (Å²) in [4.78, 5) is 54.4. The molecule has 0 aliphatic carbocycles. The summed E-state index contributed by atoms with van der Waals surface area (Å²) in [6, 6.07) is 8.82. The van der Waals surface area contributed by atoms with Crippen LogP contribution in [-0.2, 0) is 44.1 Å². The Hall–Kier alpha value is -3.39. The van der Waals surface area contributed by atoms with Crippen molar-refractivity contribution in [3.05, 3.63) is 69.8 Å². The molecule has 0 bridgehead atoms. The highest BCUT2D eigenvalue weighted by atomic mass is 17.2. The lowest BCUT2D eigenvalue weighted by molar-refractivity contribution is -0.282. The number of esters is 1. The van der Waals surface area contributed by atoms with Crippen LogP contribution in [0.5, 0.6) is 0 Å². The van der Waals surface area contributed by atoms with E-state index in [0.29, 0.717) is 16.7 Å². The molecule has 0 saturated carbocycles. The maximum Gasteiger partial charge on any atom is 0.337 e. The van der Waals surface area contributed by atoms with Crippen LogP contribution in [0.2, 0.25) is 0 Å². The van der Waals surface area contributed by atoms with Crippen molar-refractivity contribution >= 4 is 17.8 Å². The molecule has 0 saturated heterocycles. The van der Waals surface area contributed by atoms with Gasteiger partial charge in [-0.15, -0.1) is 0 Å². The molecule has 2 rings (SSSR count). The second-order valence-corrected chi connectivity index (χ2v) is 6.48. The van der Waals surface area contributed by atoms with Crippen LogP contribution < -0.4 is 10.8 Å². The number of ether oxygens (including phenoxy) is 1. The summed E-state index contributed by atoms with van der Waals surface area (Å²) in [6.07, 6.45) is 0. The van der Waals surface area contributed by atoms with Crippen LogP contribution in [0.3, 0.4) is 0 Å². The Balaban J connectivity index is 1.97. The third-order valence-corrected chi connectivity index (χ3v) is 4.40. The molecular formula is C21H24N2O10. The lowest BCUT2D eigenvalue weighted by atomic mass is 10.0. The van der Waals surface area contributed by atoms with E-state index in [1.807, 2.05) is 0 Å². The lowest BCUT2D eigenvalue weighted by Gasteiger charge is -2.13. The first-order chi connectivity index (χ1) is 15.9. The number of benzene rings is 2. The monoisotopic (exact) mass is 464 g/mol. The minimum absolute atomic E-state index is 0.0303. The van der Waals surface area contributed by atoms with Gasteiger partial charge in [-0.25, -0.2) is 24.3 Å². The maximum atomic E-state index is 12.5. The number of aromatic carboxylic acids is 1. The molecule has 4 N–H and O–H groups in total. The number of carbonyl (C=O) groups excluding carboxylic acids is 2. The van der Waals surface area contributed by atoms with Crippen LogP contribution in [-0.4, -0.2) is 49.1 Å². The molecule has 33 heavy (non-hydrogen) atoms. The average molecular weight is 464 g/mol. The second kappa shape index (κ2) is 13.2. The third kappa shape index (κ3) is 7.61. The molecule has 0 radical (unpaired) electrons. The zero-order valence-electron chi connectivity index (χ0n) is 18.0. The van der Waals surface area contributed by atoms with Gasteiger partial charge >= 0.3 is 11.9 Å². The molecule has 12 nitrogen and oxygen atoms in total. The quantitative estimate of drug-likeness (QED) is 0.112. The fourth-order valence-electron chi connectivity index (χ4n) is 2.79. The molecule has 0 heterocycles. The smallest absolute Gasteiger partial charge is 0.337 e. The molecule has 0 atom stereocenters. The number of carboxylic acids is 1. The zero-order chi connectivity index (χ0) is 24.2. The van der Waals surface area contributed by atoms with Crippen LogP contribution in [0.4, 0.5) is 0 Å². The fraction of sp³-hybridized carbons (Fsp3) is 0.286. The number of nitrogens with one attached hydrogen (secondary N) is 2. The first kappa shape index (κ1) is 25.9. The maximum absolute atomic E-state index is 12.5.